The number of carbonyl (C=O) groups is 1. The molecule has 0 aliphatic carbocycles. The highest BCUT2D eigenvalue weighted by Gasteiger charge is 2.13. The summed E-state index contributed by atoms with van der Waals surface area (Å²) in [4.78, 5) is 14.3. The van der Waals surface area contributed by atoms with E-state index in [-0.39, 0.29) is 29.7 Å². The number of rotatable bonds is 5. The van der Waals surface area contributed by atoms with Crippen molar-refractivity contribution in [3.05, 3.63) is 18.3 Å². The van der Waals surface area contributed by atoms with Crippen molar-refractivity contribution >= 4 is 21.7 Å². The second-order valence-electron chi connectivity index (χ2n) is 3.30. The minimum Gasteiger partial charge on any atom is -0.384 e. The van der Waals surface area contributed by atoms with E-state index in [2.05, 4.69) is 15.0 Å². The first-order valence-electron chi connectivity index (χ1n) is 4.87. The highest BCUT2D eigenvalue weighted by Crippen LogP contribution is 2.09. The van der Waals surface area contributed by atoms with Crippen LogP contribution in [0.15, 0.2) is 23.2 Å². The highest BCUT2D eigenvalue weighted by molar-refractivity contribution is 7.89. The third-order valence-corrected chi connectivity index (χ3v) is 3.31. The molecule has 0 unspecified atom stereocenters. The van der Waals surface area contributed by atoms with Crippen LogP contribution in [0.2, 0.25) is 0 Å². The van der Waals surface area contributed by atoms with E-state index in [1.807, 2.05) is 0 Å². The van der Waals surface area contributed by atoms with Gasteiger partial charge in [-0.2, -0.15) is 0 Å². The van der Waals surface area contributed by atoms with Gasteiger partial charge in [-0.3, -0.25) is 4.79 Å². The Labute approximate surface area is 99.5 Å². The Hall–Kier alpha value is -1.67. The van der Waals surface area contributed by atoms with Gasteiger partial charge in [-0.05, 0) is 6.07 Å². The van der Waals surface area contributed by atoms with Gasteiger partial charge in [-0.15, -0.1) is 0 Å². The first-order valence-corrected chi connectivity index (χ1v) is 6.36. The smallest absolute Gasteiger partial charge is 0.240 e. The third kappa shape index (κ3) is 4.37. The van der Waals surface area contributed by atoms with Gasteiger partial charge in [0, 0.05) is 32.3 Å². The number of hydrogen-bond donors (Lipinski definition) is 3. The van der Waals surface area contributed by atoms with Gasteiger partial charge in [0.15, 0.2) is 0 Å². The monoisotopic (exact) mass is 258 g/mol. The first-order chi connectivity index (χ1) is 7.92. The number of amides is 1. The lowest BCUT2D eigenvalue weighted by atomic mass is 10.5. The van der Waals surface area contributed by atoms with Gasteiger partial charge < -0.3 is 11.1 Å². The van der Waals surface area contributed by atoms with Crippen LogP contribution in [0.5, 0.6) is 0 Å². The molecule has 0 bridgehead atoms. The fourth-order valence-electron chi connectivity index (χ4n) is 1.10. The topological polar surface area (TPSA) is 114 Å². The lowest BCUT2D eigenvalue weighted by molar-refractivity contribution is -0.118. The molecule has 8 heteroatoms. The minimum atomic E-state index is -3.60. The normalized spacial score (nSPS) is 11.1. The molecule has 0 saturated heterocycles. The number of aromatic nitrogens is 1. The maximum Gasteiger partial charge on any atom is 0.240 e. The van der Waals surface area contributed by atoms with Gasteiger partial charge in [0.1, 0.15) is 5.82 Å². The van der Waals surface area contributed by atoms with Gasteiger partial charge in [0.2, 0.25) is 15.9 Å². The molecule has 0 aliphatic rings. The zero-order valence-corrected chi connectivity index (χ0v) is 10.1. The summed E-state index contributed by atoms with van der Waals surface area (Å²) < 4.78 is 25.8. The van der Waals surface area contributed by atoms with Crippen molar-refractivity contribution in [2.45, 2.75) is 11.8 Å². The minimum absolute atomic E-state index is 0.0489. The number of nitrogens with two attached hydrogens (primary N) is 1. The molecule has 0 saturated carbocycles. The molecule has 0 spiro atoms. The molecule has 1 amide bonds. The fourth-order valence-corrected chi connectivity index (χ4v) is 2.16. The van der Waals surface area contributed by atoms with E-state index in [9.17, 15) is 13.2 Å². The van der Waals surface area contributed by atoms with Crippen LogP contribution in [0.3, 0.4) is 0 Å². The van der Waals surface area contributed by atoms with E-state index in [0.717, 1.165) is 0 Å². The Bertz CT molecular complexity index is 501. The Morgan fingerprint density at radius 2 is 2.18 bits per heavy atom. The second kappa shape index (κ2) is 5.60. The molecule has 17 heavy (non-hydrogen) atoms. The van der Waals surface area contributed by atoms with Crippen LogP contribution in [0.4, 0.5) is 5.82 Å². The average molecular weight is 258 g/mol. The molecule has 1 rings (SSSR count). The van der Waals surface area contributed by atoms with Crippen LogP contribution in [0.25, 0.3) is 0 Å². The summed E-state index contributed by atoms with van der Waals surface area (Å²) in [5.41, 5.74) is 5.39. The Morgan fingerprint density at radius 3 is 2.76 bits per heavy atom. The highest BCUT2D eigenvalue weighted by atomic mass is 32.2. The second-order valence-corrected chi connectivity index (χ2v) is 5.06. The molecule has 0 atom stereocenters. The van der Waals surface area contributed by atoms with Crippen LogP contribution in [-0.4, -0.2) is 32.4 Å². The Kier molecular flexibility index (Phi) is 4.41. The van der Waals surface area contributed by atoms with E-state index >= 15 is 0 Å². The maximum absolute atomic E-state index is 11.7. The van der Waals surface area contributed by atoms with E-state index in [1.54, 1.807) is 0 Å². The summed E-state index contributed by atoms with van der Waals surface area (Å²) in [6, 6.07) is 2.61. The van der Waals surface area contributed by atoms with Crippen LogP contribution in [0, 0.1) is 0 Å². The summed E-state index contributed by atoms with van der Waals surface area (Å²) in [7, 11) is -3.60. The quantitative estimate of drug-likeness (QED) is 0.591. The zero-order chi connectivity index (χ0) is 12.9. The number of nitrogens with one attached hydrogen (secondary N) is 2. The third-order valence-electron chi connectivity index (χ3n) is 1.85. The van der Waals surface area contributed by atoms with Crippen molar-refractivity contribution in [2.24, 2.45) is 0 Å². The molecule has 0 aromatic carbocycles. The fraction of sp³-hybridized carbons (Fsp3) is 0.333. The average Bonchev–Trinajstić information content (AvgIpc) is 2.24. The van der Waals surface area contributed by atoms with E-state index < -0.39 is 10.0 Å². The molecular weight excluding hydrogens is 244 g/mol. The van der Waals surface area contributed by atoms with Crippen LogP contribution in [-0.2, 0) is 14.8 Å². The molecule has 0 aliphatic heterocycles. The lowest BCUT2D eigenvalue weighted by Crippen LogP contribution is -2.33. The Balaban J connectivity index is 2.60. The first kappa shape index (κ1) is 13.4. The maximum atomic E-state index is 11.7. The van der Waals surface area contributed by atoms with Gasteiger partial charge >= 0.3 is 0 Å². The van der Waals surface area contributed by atoms with Gasteiger partial charge in [-0.25, -0.2) is 18.1 Å². The van der Waals surface area contributed by atoms with Crippen LogP contribution >= 0.6 is 0 Å². The molecule has 7 nitrogen and oxygen atoms in total. The number of hydrogen-bond acceptors (Lipinski definition) is 5. The number of nitrogen functional groups attached to an aromatic ring is 1. The number of anilines is 1. The predicted molar refractivity (Wildman–Crippen MR) is 62.5 cm³/mol. The molecule has 4 N–H and O–H groups in total. The molecule has 1 aromatic rings. The summed E-state index contributed by atoms with van der Waals surface area (Å²) in [5, 5.41) is 2.48. The predicted octanol–water partition coefficient (Wildman–Crippen LogP) is -0.922. The van der Waals surface area contributed by atoms with Crippen molar-refractivity contribution in [2.75, 3.05) is 18.8 Å². The molecule has 1 heterocycles. The Morgan fingerprint density at radius 1 is 1.47 bits per heavy atom. The number of nitrogens with zero attached hydrogens (tertiary/aromatic N) is 1. The number of carbonyl (C=O) groups excluding carboxylic acids is 1. The zero-order valence-electron chi connectivity index (χ0n) is 9.30. The molecule has 94 valence electrons. The summed E-state index contributed by atoms with van der Waals surface area (Å²) >= 11 is 0. The number of sulfonamides is 1. The lowest BCUT2D eigenvalue weighted by Gasteiger charge is -2.07. The van der Waals surface area contributed by atoms with Gasteiger partial charge in [-0.1, -0.05) is 0 Å². The van der Waals surface area contributed by atoms with Crippen molar-refractivity contribution in [3.63, 3.8) is 0 Å². The van der Waals surface area contributed by atoms with Crippen LogP contribution in [0.1, 0.15) is 6.92 Å². The van der Waals surface area contributed by atoms with E-state index in [0.29, 0.717) is 0 Å². The molecular formula is C9H14N4O3S. The largest absolute Gasteiger partial charge is 0.384 e. The van der Waals surface area contributed by atoms with Crippen molar-refractivity contribution in [3.8, 4) is 0 Å². The summed E-state index contributed by atoms with van der Waals surface area (Å²) in [5.74, 6) is -0.0768. The SMILES string of the molecule is CC(=O)NCCNS(=O)(=O)c1ccnc(N)c1. The van der Waals surface area contributed by atoms with Crippen molar-refractivity contribution < 1.29 is 13.2 Å². The van der Waals surface area contributed by atoms with E-state index in [1.165, 1.54) is 25.3 Å². The van der Waals surface area contributed by atoms with Gasteiger partial charge in [0.25, 0.3) is 0 Å². The van der Waals surface area contributed by atoms with Crippen molar-refractivity contribution in [1.29, 1.82) is 0 Å². The van der Waals surface area contributed by atoms with Crippen molar-refractivity contribution in [1.82, 2.24) is 15.0 Å². The standard InChI is InChI=1S/C9H14N4O3S/c1-7(14)11-4-5-13-17(15,16)8-2-3-12-9(10)6-8/h2-3,6,13H,4-5H2,1H3,(H2,10,12)(H,11,14). The molecule has 1 aromatic heterocycles. The number of pyridine rings is 1. The van der Waals surface area contributed by atoms with Crippen LogP contribution < -0.4 is 15.8 Å². The molecule has 0 fully saturated rings. The molecule has 0 radical (unpaired) electrons. The van der Waals surface area contributed by atoms with Gasteiger partial charge in [0.05, 0.1) is 4.90 Å². The summed E-state index contributed by atoms with van der Waals surface area (Å²) in [6.07, 6.45) is 1.32. The summed E-state index contributed by atoms with van der Waals surface area (Å²) in [6.45, 7) is 1.71. The van der Waals surface area contributed by atoms with E-state index in [4.69, 9.17) is 5.73 Å².